The lowest BCUT2D eigenvalue weighted by Crippen LogP contribution is -2.44. The third-order valence-corrected chi connectivity index (χ3v) is 8.93. The molecule has 0 unspecified atom stereocenters. The zero-order valence-electron chi connectivity index (χ0n) is 20.8. The van der Waals surface area contributed by atoms with Crippen LogP contribution < -0.4 is 5.32 Å². The second-order valence-corrected chi connectivity index (χ2v) is 11.6. The van der Waals surface area contributed by atoms with Crippen molar-refractivity contribution in [2.24, 2.45) is 0 Å². The summed E-state index contributed by atoms with van der Waals surface area (Å²) in [4.78, 5) is 11.8. The summed E-state index contributed by atoms with van der Waals surface area (Å²) in [5.74, 6) is -0.893. The van der Waals surface area contributed by atoms with E-state index in [0.717, 1.165) is 11.1 Å². The zero-order valence-corrected chi connectivity index (χ0v) is 21.6. The first-order valence-corrected chi connectivity index (χ1v) is 13.3. The fourth-order valence-corrected chi connectivity index (χ4v) is 6.79. The van der Waals surface area contributed by atoms with Crippen molar-refractivity contribution >= 4 is 15.9 Å². The number of nitrogens with zero attached hydrogens (tertiary/aromatic N) is 1. The Kier molecular flexibility index (Phi) is 8.69. The van der Waals surface area contributed by atoms with Gasteiger partial charge in [0.2, 0.25) is 15.9 Å². The number of halogens is 1. The average molecular weight is 507 g/mol. The molecule has 0 spiro atoms. The SMILES string of the molecule is Cc1cc(CN2[C@@H](C)CC[C@H](c3ccccc3)S2(=O)=O)c(F)cc1C(C)(C)OCC(=O)NCCO. The van der Waals surface area contributed by atoms with Crippen LogP contribution >= 0.6 is 0 Å². The molecule has 0 aliphatic carbocycles. The number of amides is 1. The molecule has 1 amide bonds. The van der Waals surface area contributed by atoms with Crippen LogP contribution in [0.4, 0.5) is 4.39 Å². The molecule has 1 heterocycles. The number of hydrogen-bond donors (Lipinski definition) is 2. The second kappa shape index (κ2) is 11.2. The highest BCUT2D eigenvalue weighted by Gasteiger charge is 2.41. The lowest BCUT2D eigenvalue weighted by atomic mass is 9.91. The Bertz CT molecular complexity index is 1140. The first-order chi connectivity index (χ1) is 16.5. The molecule has 192 valence electrons. The van der Waals surface area contributed by atoms with Crippen LogP contribution in [0.5, 0.6) is 0 Å². The van der Waals surface area contributed by atoms with E-state index in [1.165, 1.54) is 10.4 Å². The van der Waals surface area contributed by atoms with E-state index >= 15 is 4.39 Å². The Balaban J connectivity index is 1.82. The predicted molar refractivity (Wildman–Crippen MR) is 133 cm³/mol. The lowest BCUT2D eigenvalue weighted by Gasteiger charge is -2.37. The van der Waals surface area contributed by atoms with Crippen LogP contribution in [0.15, 0.2) is 42.5 Å². The maximum atomic E-state index is 15.3. The van der Waals surface area contributed by atoms with E-state index < -0.39 is 26.7 Å². The van der Waals surface area contributed by atoms with Crippen molar-refractivity contribution in [1.82, 2.24) is 9.62 Å². The van der Waals surface area contributed by atoms with Gasteiger partial charge in [0, 0.05) is 24.7 Å². The van der Waals surface area contributed by atoms with Gasteiger partial charge in [0.1, 0.15) is 17.7 Å². The molecule has 0 radical (unpaired) electrons. The van der Waals surface area contributed by atoms with E-state index in [4.69, 9.17) is 9.84 Å². The third kappa shape index (κ3) is 6.27. The minimum Gasteiger partial charge on any atom is -0.395 e. The second-order valence-electron chi connectivity index (χ2n) is 9.55. The van der Waals surface area contributed by atoms with Crippen LogP contribution in [0.3, 0.4) is 0 Å². The van der Waals surface area contributed by atoms with Crippen molar-refractivity contribution in [3.05, 3.63) is 70.5 Å². The van der Waals surface area contributed by atoms with E-state index in [9.17, 15) is 13.2 Å². The molecular formula is C26H35FN2O5S. The summed E-state index contributed by atoms with van der Waals surface area (Å²) in [6.45, 7) is 6.84. The van der Waals surface area contributed by atoms with Crippen LogP contribution in [0.2, 0.25) is 0 Å². The minimum atomic E-state index is -3.68. The number of carbonyl (C=O) groups excluding carboxylic acids is 1. The number of aliphatic hydroxyl groups is 1. The molecule has 2 N–H and O–H groups in total. The summed E-state index contributed by atoms with van der Waals surface area (Å²) in [5.41, 5.74) is 1.41. The largest absolute Gasteiger partial charge is 0.395 e. The fourth-order valence-electron chi connectivity index (χ4n) is 4.60. The number of sulfonamides is 1. The van der Waals surface area contributed by atoms with Gasteiger partial charge < -0.3 is 15.2 Å². The topological polar surface area (TPSA) is 95.9 Å². The number of hydrogen-bond acceptors (Lipinski definition) is 5. The molecule has 1 aliphatic rings. The summed E-state index contributed by atoms with van der Waals surface area (Å²) in [6.07, 6.45) is 1.22. The Hall–Kier alpha value is -2.33. The fraction of sp³-hybridized carbons (Fsp3) is 0.500. The van der Waals surface area contributed by atoms with Crippen molar-refractivity contribution in [3.63, 3.8) is 0 Å². The van der Waals surface area contributed by atoms with Crippen molar-refractivity contribution in [2.45, 2.75) is 64.0 Å². The Morgan fingerprint density at radius 3 is 2.57 bits per heavy atom. The van der Waals surface area contributed by atoms with Gasteiger partial charge in [-0.1, -0.05) is 36.4 Å². The van der Waals surface area contributed by atoms with Gasteiger partial charge in [-0.3, -0.25) is 4.79 Å². The summed E-state index contributed by atoms with van der Waals surface area (Å²) in [6, 6.07) is 11.9. The van der Waals surface area contributed by atoms with Gasteiger partial charge in [0.25, 0.3) is 0 Å². The molecule has 2 aromatic carbocycles. The van der Waals surface area contributed by atoms with Crippen molar-refractivity contribution in [1.29, 1.82) is 0 Å². The molecule has 2 aromatic rings. The molecule has 35 heavy (non-hydrogen) atoms. The van der Waals surface area contributed by atoms with Gasteiger partial charge in [-0.25, -0.2) is 12.8 Å². The molecule has 0 bridgehead atoms. The summed E-state index contributed by atoms with van der Waals surface area (Å²) in [5, 5.41) is 10.7. The van der Waals surface area contributed by atoms with Gasteiger partial charge in [-0.05, 0) is 63.3 Å². The number of aryl methyl sites for hydroxylation is 1. The molecule has 1 saturated heterocycles. The van der Waals surface area contributed by atoms with E-state index in [0.29, 0.717) is 24.0 Å². The highest BCUT2D eigenvalue weighted by Crippen LogP contribution is 2.39. The molecular weight excluding hydrogens is 471 g/mol. The van der Waals surface area contributed by atoms with Gasteiger partial charge in [0.05, 0.1) is 12.2 Å². The number of carbonyl (C=O) groups is 1. The number of ether oxygens (including phenoxy) is 1. The smallest absolute Gasteiger partial charge is 0.246 e. The first kappa shape index (κ1) is 27.3. The number of aliphatic hydroxyl groups excluding tert-OH is 1. The number of benzene rings is 2. The summed E-state index contributed by atoms with van der Waals surface area (Å²) >= 11 is 0. The Morgan fingerprint density at radius 2 is 1.91 bits per heavy atom. The lowest BCUT2D eigenvalue weighted by molar-refractivity contribution is -0.132. The molecule has 3 rings (SSSR count). The third-order valence-electron chi connectivity index (χ3n) is 6.56. The highest BCUT2D eigenvalue weighted by atomic mass is 32.2. The Labute approximate surface area is 207 Å². The van der Waals surface area contributed by atoms with Gasteiger partial charge in [-0.15, -0.1) is 0 Å². The van der Waals surface area contributed by atoms with E-state index in [2.05, 4.69) is 5.32 Å². The number of nitrogens with one attached hydrogen (secondary N) is 1. The van der Waals surface area contributed by atoms with Crippen LogP contribution in [0.1, 0.15) is 61.1 Å². The quantitative estimate of drug-likeness (QED) is 0.542. The van der Waals surface area contributed by atoms with Gasteiger partial charge >= 0.3 is 0 Å². The molecule has 7 nitrogen and oxygen atoms in total. The van der Waals surface area contributed by atoms with Crippen molar-refractivity contribution in [3.8, 4) is 0 Å². The number of rotatable bonds is 9. The normalized spacial score (nSPS) is 20.5. The van der Waals surface area contributed by atoms with Crippen LogP contribution in [0.25, 0.3) is 0 Å². The standard InChI is InChI=1S/C26H35FN2O5S/c1-18-14-21(23(27)15-22(18)26(3,4)34-17-25(31)28-12-13-30)16-29-19(2)10-11-24(35(29,32)33)20-8-6-5-7-9-20/h5-9,14-15,19,24,30H,10-13,16-17H2,1-4H3,(H,28,31)/t19-,24+/m0/s1. The minimum absolute atomic E-state index is 0.0510. The molecule has 0 saturated carbocycles. The molecule has 0 aromatic heterocycles. The van der Waals surface area contributed by atoms with Crippen LogP contribution in [-0.2, 0) is 31.7 Å². The van der Waals surface area contributed by atoms with Crippen molar-refractivity contribution in [2.75, 3.05) is 19.8 Å². The van der Waals surface area contributed by atoms with Gasteiger partial charge in [-0.2, -0.15) is 4.31 Å². The predicted octanol–water partition coefficient (Wildman–Crippen LogP) is 3.55. The molecule has 2 atom stereocenters. The molecule has 9 heteroatoms. The van der Waals surface area contributed by atoms with Crippen LogP contribution in [-0.4, -0.2) is 49.5 Å². The maximum absolute atomic E-state index is 15.3. The van der Waals surface area contributed by atoms with E-state index in [-0.39, 0.29) is 38.3 Å². The van der Waals surface area contributed by atoms with E-state index in [1.54, 1.807) is 19.9 Å². The molecule has 1 aliphatic heterocycles. The zero-order chi connectivity index (χ0) is 25.8. The average Bonchev–Trinajstić information content (AvgIpc) is 2.81. The van der Waals surface area contributed by atoms with E-state index in [1.807, 2.05) is 44.2 Å². The highest BCUT2D eigenvalue weighted by molar-refractivity contribution is 7.89. The van der Waals surface area contributed by atoms with Gasteiger partial charge in [0.15, 0.2) is 0 Å². The first-order valence-electron chi connectivity index (χ1n) is 11.8. The molecule has 1 fully saturated rings. The maximum Gasteiger partial charge on any atom is 0.246 e. The monoisotopic (exact) mass is 506 g/mol. The summed E-state index contributed by atoms with van der Waals surface area (Å²) in [7, 11) is -3.68. The van der Waals surface area contributed by atoms with Crippen LogP contribution in [0, 0.1) is 12.7 Å². The Morgan fingerprint density at radius 1 is 1.23 bits per heavy atom. The summed E-state index contributed by atoms with van der Waals surface area (Å²) < 4.78 is 49.5. The van der Waals surface area contributed by atoms with Crippen molar-refractivity contribution < 1.29 is 27.4 Å².